The molecule has 10 nitrogen and oxygen atoms in total. The van der Waals surface area contributed by atoms with E-state index in [-0.39, 0.29) is 31.2 Å². The molecule has 10 heteroatoms. The number of hydrogen-bond acceptors (Lipinski definition) is 9. The molecule has 3 aromatic rings. The van der Waals surface area contributed by atoms with Gasteiger partial charge in [-0.1, -0.05) is 48.5 Å². The molecule has 0 aliphatic carbocycles. The number of ether oxygens (including phenoxy) is 5. The number of fused-ring (bicyclic) bond motifs is 1. The van der Waals surface area contributed by atoms with Crippen molar-refractivity contribution in [1.29, 1.82) is 0 Å². The molecule has 0 bridgehead atoms. The van der Waals surface area contributed by atoms with Gasteiger partial charge in [-0.2, -0.15) is 0 Å². The van der Waals surface area contributed by atoms with Gasteiger partial charge in [0.05, 0.1) is 25.0 Å². The molecule has 1 amide bonds. The zero-order valence-corrected chi connectivity index (χ0v) is 32.5. The summed E-state index contributed by atoms with van der Waals surface area (Å²) in [7, 11) is 1.33. The average Bonchev–Trinajstić information content (AvgIpc) is 3.07. The standard InChI is InChI=1S/C42H57NO9/c1-11-49-38(50-12-2)26-35(31-19-21-32(22-20-31)39(46)48-10)28(3)43(27-29-17-18-30-15-13-14-16-33(30)23-29)36(44)24-34(40(47)52-42(7,8)9)25-37(45)51-41(4,5)6/h13-23,28,34-35,38H,11-12,24-27H2,1-10H3/t28-,34-,35+/m1/s1. The summed E-state index contributed by atoms with van der Waals surface area (Å²) in [5.74, 6) is -3.43. The summed E-state index contributed by atoms with van der Waals surface area (Å²) in [5, 5.41) is 2.10. The van der Waals surface area contributed by atoms with Crippen LogP contribution < -0.4 is 0 Å². The van der Waals surface area contributed by atoms with Crippen LogP contribution in [0.25, 0.3) is 10.8 Å². The van der Waals surface area contributed by atoms with Crippen molar-refractivity contribution in [3.63, 3.8) is 0 Å². The van der Waals surface area contributed by atoms with Crippen LogP contribution in [-0.4, -0.2) is 72.6 Å². The molecule has 0 saturated heterocycles. The Morgan fingerprint density at radius 2 is 1.35 bits per heavy atom. The summed E-state index contributed by atoms with van der Waals surface area (Å²) in [4.78, 5) is 55.4. The molecule has 0 radical (unpaired) electrons. The molecule has 0 spiro atoms. The van der Waals surface area contributed by atoms with Crippen molar-refractivity contribution in [1.82, 2.24) is 4.90 Å². The fourth-order valence-electron chi connectivity index (χ4n) is 6.11. The Bertz CT molecular complexity index is 1630. The van der Waals surface area contributed by atoms with Crippen molar-refractivity contribution in [2.45, 2.75) is 118 Å². The monoisotopic (exact) mass is 719 g/mol. The second-order valence-corrected chi connectivity index (χ2v) is 15.0. The average molecular weight is 720 g/mol. The Kier molecular flexibility index (Phi) is 15.4. The van der Waals surface area contributed by atoms with E-state index in [0.29, 0.717) is 25.2 Å². The predicted molar refractivity (Wildman–Crippen MR) is 201 cm³/mol. The molecule has 52 heavy (non-hydrogen) atoms. The largest absolute Gasteiger partial charge is 0.465 e. The normalized spacial score (nSPS) is 13.7. The molecule has 3 atom stereocenters. The number of carbonyl (C=O) groups excluding carboxylic acids is 4. The van der Waals surface area contributed by atoms with E-state index in [1.54, 1.807) is 58.6 Å². The van der Waals surface area contributed by atoms with E-state index in [0.717, 1.165) is 21.9 Å². The maximum Gasteiger partial charge on any atom is 0.337 e. The molecule has 0 heterocycles. The van der Waals surface area contributed by atoms with Gasteiger partial charge in [0.25, 0.3) is 0 Å². The summed E-state index contributed by atoms with van der Waals surface area (Å²) in [6.45, 7) is 17.3. The summed E-state index contributed by atoms with van der Waals surface area (Å²) >= 11 is 0. The first-order valence-corrected chi connectivity index (χ1v) is 18.1. The van der Waals surface area contributed by atoms with Crippen molar-refractivity contribution >= 4 is 34.6 Å². The second kappa shape index (κ2) is 19.0. The summed E-state index contributed by atoms with van der Waals surface area (Å²) in [6.07, 6.45) is -0.761. The van der Waals surface area contributed by atoms with Crippen LogP contribution in [-0.2, 0) is 44.6 Å². The number of esters is 3. The van der Waals surface area contributed by atoms with Gasteiger partial charge in [0.15, 0.2) is 6.29 Å². The highest BCUT2D eigenvalue weighted by Gasteiger charge is 2.36. The maximum absolute atomic E-state index is 14.7. The van der Waals surface area contributed by atoms with Crippen LogP contribution in [0.3, 0.4) is 0 Å². The smallest absolute Gasteiger partial charge is 0.337 e. The minimum absolute atomic E-state index is 0.225. The number of rotatable bonds is 17. The van der Waals surface area contributed by atoms with Crippen molar-refractivity contribution in [3.8, 4) is 0 Å². The fourth-order valence-corrected chi connectivity index (χ4v) is 6.11. The lowest BCUT2D eigenvalue weighted by atomic mass is 9.86. The molecule has 0 aliphatic rings. The first-order chi connectivity index (χ1) is 24.4. The Morgan fingerprint density at radius 3 is 1.90 bits per heavy atom. The third kappa shape index (κ3) is 13.0. The van der Waals surface area contributed by atoms with Crippen LogP contribution in [0.2, 0.25) is 0 Å². The second-order valence-electron chi connectivity index (χ2n) is 15.0. The number of methoxy groups -OCH3 is 1. The van der Waals surface area contributed by atoms with Crippen LogP contribution >= 0.6 is 0 Å². The van der Waals surface area contributed by atoms with E-state index in [1.165, 1.54) is 7.11 Å². The van der Waals surface area contributed by atoms with Crippen molar-refractivity contribution in [2.75, 3.05) is 20.3 Å². The Labute approximate surface area is 309 Å². The van der Waals surface area contributed by atoms with Crippen LogP contribution in [0.1, 0.15) is 109 Å². The molecule has 0 saturated carbocycles. The lowest BCUT2D eigenvalue weighted by Crippen LogP contribution is -2.44. The molecule has 3 aromatic carbocycles. The van der Waals surface area contributed by atoms with Gasteiger partial charge in [-0.05, 0) is 102 Å². The zero-order valence-electron chi connectivity index (χ0n) is 32.5. The topological polar surface area (TPSA) is 118 Å². The first kappa shape index (κ1) is 42.1. The summed E-state index contributed by atoms with van der Waals surface area (Å²) < 4.78 is 28.2. The van der Waals surface area contributed by atoms with Gasteiger partial charge in [-0.15, -0.1) is 0 Å². The lowest BCUT2D eigenvalue weighted by molar-refractivity contribution is -0.169. The Hall–Kier alpha value is -4.28. The van der Waals surface area contributed by atoms with Gasteiger partial charge < -0.3 is 28.6 Å². The van der Waals surface area contributed by atoms with Gasteiger partial charge in [-0.3, -0.25) is 14.4 Å². The van der Waals surface area contributed by atoms with E-state index in [9.17, 15) is 19.2 Å². The number of amides is 1. The Morgan fingerprint density at radius 1 is 0.750 bits per heavy atom. The van der Waals surface area contributed by atoms with E-state index in [2.05, 4.69) is 6.07 Å². The lowest BCUT2D eigenvalue weighted by Gasteiger charge is -2.37. The third-order valence-corrected chi connectivity index (χ3v) is 8.47. The predicted octanol–water partition coefficient (Wildman–Crippen LogP) is 8.00. The molecular weight excluding hydrogens is 662 g/mol. The van der Waals surface area contributed by atoms with Crippen LogP contribution in [0, 0.1) is 5.92 Å². The SMILES string of the molecule is CCOC(C[C@H](c1ccc(C(=O)OC)cc1)[C@@H](C)N(Cc1ccc2ccccc2c1)C(=O)C[C@H](CC(=O)OC(C)(C)C)C(=O)OC(C)(C)C)OCC. The number of benzene rings is 3. The molecule has 0 fully saturated rings. The molecule has 0 unspecified atom stereocenters. The highest BCUT2D eigenvalue weighted by Crippen LogP contribution is 2.33. The van der Waals surface area contributed by atoms with Crippen molar-refractivity contribution in [3.05, 3.63) is 83.4 Å². The molecule has 0 aromatic heterocycles. The minimum atomic E-state index is -1.08. The van der Waals surface area contributed by atoms with Crippen LogP contribution in [0.15, 0.2) is 66.7 Å². The zero-order chi connectivity index (χ0) is 38.6. The van der Waals surface area contributed by atoms with E-state index < -0.39 is 47.4 Å². The van der Waals surface area contributed by atoms with Crippen LogP contribution in [0.4, 0.5) is 0 Å². The molecule has 0 N–H and O–H groups in total. The highest BCUT2D eigenvalue weighted by atomic mass is 16.7. The summed E-state index contributed by atoms with van der Waals surface area (Å²) in [5.41, 5.74) is 0.545. The van der Waals surface area contributed by atoms with Crippen molar-refractivity contribution < 1.29 is 42.9 Å². The first-order valence-electron chi connectivity index (χ1n) is 18.1. The molecule has 284 valence electrons. The molecule has 3 rings (SSSR count). The van der Waals surface area contributed by atoms with Crippen molar-refractivity contribution in [2.24, 2.45) is 5.92 Å². The fraction of sp³-hybridized carbons (Fsp3) is 0.524. The quantitative estimate of drug-likeness (QED) is 0.0777. The molecular formula is C42H57NO9. The van der Waals surface area contributed by atoms with E-state index in [1.807, 2.05) is 69.3 Å². The maximum atomic E-state index is 14.7. The number of carbonyl (C=O) groups is 4. The van der Waals surface area contributed by atoms with Crippen LogP contribution in [0.5, 0.6) is 0 Å². The van der Waals surface area contributed by atoms with Gasteiger partial charge >= 0.3 is 17.9 Å². The number of hydrogen-bond donors (Lipinski definition) is 0. The molecule has 0 aliphatic heterocycles. The highest BCUT2D eigenvalue weighted by molar-refractivity contribution is 5.89. The van der Waals surface area contributed by atoms with E-state index in [4.69, 9.17) is 23.7 Å². The third-order valence-electron chi connectivity index (χ3n) is 8.47. The van der Waals surface area contributed by atoms with Gasteiger partial charge in [0.1, 0.15) is 11.2 Å². The Balaban J connectivity index is 2.11. The van der Waals surface area contributed by atoms with E-state index >= 15 is 0 Å². The minimum Gasteiger partial charge on any atom is -0.465 e. The van der Waals surface area contributed by atoms with Gasteiger partial charge in [-0.25, -0.2) is 4.79 Å². The number of nitrogens with zero attached hydrogens (tertiary/aromatic N) is 1. The van der Waals surface area contributed by atoms with Gasteiger partial charge in [0.2, 0.25) is 5.91 Å². The summed E-state index contributed by atoms with van der Waals surface area (Å²) in [6, 6.07) is 20.7. The van der Waals surface area contributed by atoms with Gasteiger partial charge in [0, 0.05) is 44.6 Å².